The van der Waals surface area contributed by atoms with Crippen molar-refractivity contribution in [3.8, 4) is 0 Å². The molecule has 1 aromatic heterocycles. The van der Waals surface area contributed by atoms with Crippen molar-refractivity contribution < 1.29 is 9.53 Å². The number of carbonyl (C=O) groups is 1. The van der Waals surface area contributed by atoms with Gasteiger partial charge in [-0.05, 0) is 37.2 Å². The molecule has 0 unspecified atom stereocenters. The Morgan fingerprint density at radius 3 is 3.06 bits per heavy atom. The van der Waals surface area contributed by atoms with Gasteiger partial charge in [0, 0.05) is 4.88 Å². The molecule has 17 heavy (non-hydrogen) atoms. The summed E-state index contributed by atoms with van der Waals surface area (Å²) in [5, 5.41) is 0.630. The zero-order valence-corrected chi connectivity index (χ0v) is 11.2. The number of ether oxygens (including phenoxy) is 1. The van der Waals surface area contributed by atoms with Crippen molar-refractivity contribution >= 4 is 22.3 Å². The molecule has 3 nitrogen and oxygen atoms in total. The van der Waals surface area contributed by atoms with Gasteiger partial charge in [0.05, 0.1) is 12.2 Å². The van der Waals surface area contributed by atoms with Crippen LogP contribution in [-0.4, -0.2) is 12.6 Å². The second-order valence-corrected chi connectivity index (χ2v) is 5.86. The van der Waals surface area contributed by atoms with Crippen LogP contribution in [0, 0.1) is 5.92 Å². The maximum atomic E-state index is 11.9. The average molecular weight is 253 g/mol. The maximum Gasteiger partial charge on any atom is 0.341 e. The van der Waals surface area contributed by atoms with Crippen molar-refractivity contribution in [2.45, 2.75) is 39.5 Å². The zero-order chi connectivity index (χ0) is 12.4. The number of fused-ring (bicyclic) bond motifs is 1. The first-order chi connectivity index (χ1) is 8.13. The lowest BCUT2D eigenvalue weighted by Gasteiger charge is -2.18. The number of nitrogen functional groups attached to an aromatic ring is 1. The fourth-order valence-electron chi connectivity index (χ4n) is 2.26. The predicted octanol–water partition coefficient (Wildman–Crippen LogP) is 3.02. The van der Waals surface area contributed by atoms with E-state index in [9.17, 15) is 4.79 Å². The number of hydrogen-bond donors (Lipinski definition) is 1. The SMILES string of the molecule is CCCOC(=O)c1c(N)sc2c1CC[C@H](C)C2. The highest BCUT2D eigenvalue weighted by atomic mass is 32.1. The largest absolute Gasteiger partial charge is 0.462 e. The Labute approximate surface area is 106 Å². The summed E-state index contributed by atoms with van der Waals surface area (Å²) < 4.78 is 5.20. The van der Waals surface area contributed by atoms with Crippen LogP contribution in [0.25, 0.3) is 0 Å². The van der Waals surface area contributed by atoms with Crippen LogP contribution in [-0.2, 0) is 17.6 Å². The number of carbonyl (C=O) groups excluding carboxylic acids is 1. The van der Waals surface area contributed by atoms with E-state index in [4.69, 9.17) is 10.5 Å². The molecule has 1 aliphatic carbocycles. The van der Waals surface area contributed by atoms with Gasteiger partial charge >= 0.3 is 5.97 Å². The van der Waals surface area contributed by atoms with Gasteiger partial charge in [0.25, 0.3) is 0 Å². The van der Waals surface area contributed by atoms with Gasteiger partial charge in [-0.1, -0.05) is 13.8 Å². The Morgan fingerprint density at radius 1 is 1.59 bits per heavy atom. The minimum absolute atomic E-state index is 0.239. The first-order valence-corrected chi connectivity index (χ1v) is 7.02. The summed E-state index contributed by atoms with van der Waals surface area (Å²) in [6.45, 7) is 4.70. The minimum Gasteiger partial charge on any atom is -0.462 e. The summed E-state index contributed by atoms with van der Waals surface area (Å²) in [6.07, 6.45) is 3.98. The van der Waals surface area contributed by atoms with Crippen LogP contribution >= 0.6 is 11.3 Å². The van der Waals surface area contributed by atoms with Crippen LogP contribution < -0.4 is 5.73 Å². The van der Waals surface area contributed by atoms with Crippen LogP contribution in [0.3, 0.4) is 0 Å². The van der Waals surface area contributed by atoms with Crippen LogP contribution in [0.1, 0.15) is 47.5 Å². The highest BCUT2D eigenvalue weighted by Crippen LogP contribution is 2.38. The number of hydrogen-bond acceptors (Lipinski definition) is 4. The van der Waals surface area contributed by atoms with Gasteiger partial charge < -0.3 is 10.5 Å². The smallest absolute Gasteiger partial charge is 0.341 e. The van der Waals surface area contributed by atoms with E-state index in [1.165, 1.54) is 4.88 Å². The number of rotatable bonds is 3. The molecule has 0 radical (unpaired) electrons. The Morgan fingerprint density at radius 2 is 2.35 bits per heavy atom. The van der Waals surface area contributed by atoms with E-state index in [-0.39, 0.29) is 5.97 Å². The molecule has 4 heteroatoms. The monoisotopic (exact) mass is 253 g/mol. The first kappa shape index (κ1) is 12.4. The summed E-state index contributed by atoms with van der Waals surface area (Å²) in [4.78, 5) is 13.2. The molecule has 94 valence electrons. The quantitative estimate of drug-likeness (QED) is 0.842. The third-order valence-corrected chi connectivity index (χ3v) is 4.26. The Bertz CT molecular complexity index is 425. The number of esters is 1. The topological polar surface area (TPSA) is 52.3 Å². The molecule has 2 N–H and O–H groups in total. The molecule has 0 amide bonds. The third kappa shape index (κ3) is 2.46. The number of anilines is 1. The normalized spacial score (nSPS) is 18.8. The van der Waals surface area contributed by atoms with E-state index >= 15 is 0 Å². The van der Waals surface area contributed by atoms with E-state index < -0.39 is 0 Å². The molecule has 1 aromatic rings. The molecule has 0 saturated heterocycles. The van der Waals surface area contributed by atoms with Crippen molar-refractivity contribution in [1.29, 1.82) is 0 Å². The van der Waals surface area contributed by atoms with E-state index in [0.29, 0.717) is 23.1 Å². The van der Waals surface area contributed by atoms with Crippen LogP contribution in [0.2, 0.25) is 0 Å². The van der Waals surface area contributed by atoms with Gasteiger partial charge in [-0.15, -0.1) is 11.3 Å². The van der Waals surface area contributed by atoms with Crippen molar-refractivity contribution in [1.82, 2.24) is 0 Å². The molecule has 0 fully saturated rings. The lowest BCUT2D eigenvalue weighted by atomic mass is 9.88. The molecule has 0 aromatic carbocycles. The number of nitrogens with two attached hydrogens (primary N) is 1. The average Bonchev–Trinajstić information content (AvgIpc) is 2.61. The Hall–Kier alpha value is -1.03. The molecule has 2 rings (SSSR count). The van der Waals surface area contributed by atoms with E-state index in [1.807, 2.05) is 6.92 Å². The van der Waals surface area contributed by atoms with Gasteiger partial charge in [-0.2, -0.15) is 0 Å². The standard InChI is InChI=1S/C13H19NO2S/c1-3-6-16-13(15)11-9-5-4-8(2)7-10(9)17-12(11)14/h8H,3-7,14H2,1-2H3/t8-/m0/s1. The minimum atomic E-state index is -0.239. The van der Waals surface area contributed by atoms with E-state index in [0.717, 1.165) is 31.2 Å². The summed E-state index contributed by atoms with van der Waals surface area (Å²) in [7, 11) is 0. The molecule has 0 aliphatic heterocycles. The van der Waals surface area contributed by atoms with Gasteiger partial charge in [0.1, 0.15) is 5.00 Å². The predicted molar refractivity (Wildman–Crippen MR) is 70.5 cm³/mol. The summed E-state index contributed by atoms with van der Waals surface area (Å²) in [5.41, 5.74) is 7.75. The van der Waals surface area contributed by atoms with Gasteiger partial charge in [0.15, 0.2) is 0 Å². The van der Waals surface area contributed by atoms with Crippen LogP contribution in [0.5, 0.6) is 0 Å². The van der Waals surface area contributed by atoms with E-state index in [1.54, 1.807) is 11.3 Å². The van der Waals surface area contributed by atoms with Crippen LogP contribution in [0.4, 0.5) is 5.00 Å². The molecule has 0 saturated carbocycles. The Balaban J connectivity index is 2.25. The maximum absolute atomic E-state index is 11.9. The highest BCUT2D eigenvalue weighted by Gasteiger charge is 2.27. The number of thiophene rings is 1. The second-order valence-electron chi connectivity index (χ2n) is 4.73. The molecule has 0 bridgehead atoms. The fourth-order valence-corrected chi connectivity index (χ4v) is 3.53. The van der Waals surface area contributed by atoms with Gasteiger partial charge in [0.2, 0.25) is 0 Å². The fraction of sp³-hybridized carbons (Fsp3) is 0.615. The lowest BCUT2D eigenvalue weighted by Crippen LogP contribution is -2.14. The molecule has 1 heterocycles. The lowest BCUT2D eigenvalue weighted by molar-refractivity contribution is 0.0505. The molecular formula is C13H19NO2S. The molecule has 1 aliphatic rings. The summed E-state index contributed by atoms with van der Waals surface area (Å²) >= 11 is 1.56. The third-order valence-electron chi connectivity index (χ3n) is 3.18. The van der Waals surface area contributed by atoms with Crippen LogP contribution in [0.15, 0.2) is 0 Å². The second kappa shape index (κ2) is 5.08. The van der Waals surface area contributed by atoms with Crippen molar-refractivity contribution in [3.63, 3.8) is 0 Å². The van der Waals surface area contributed by atoms with Crippen molar-refractivity contribution in [3.05, 3.63) is 16.0 Å². The van der Waals surface area contributed by atoms with Crippen molar-refractivity contribution in [2.24, 2.45) is 5.92 Å². The Kier molecular flexibility index (Phi) is 3.72. The summed E-state index contributed by atoms with van der Waals surface area (Å²) in [5.74, 6) is 0.455. The summed E-state index contributed by atoms with van der Waals surface area (Å²) in [6, 6.07) is 0. The zero-order valence-electron chi connectivity index (χ0n) is 10.4. The van der Waals surface area contributed by atoms with Crippen molar-refractivity contribution in [2.75, 3.05) is 12.3 Å². The molecular weight excluding hydrogens is 234 g/mol. The van der Waals surface area contributed by atoms with Gasteiger partial charge in [-0.25, -0.2) is 4.79 Å². The van der Waals surface area contributed by atoms with E-state index in [2.05, 4.69) is 6.92 Å². The molecule has 0 spiro atoms. The highest BCUT2D eigenvalue weighted by molar-refractivity contribution is 7.16. The molecule has 1 atom stereocenters. The van der Waals surface area contributed by atoms with Gasteiger partial charge in [-0.3, -0.25) is 0 Å². The first-order valence-electron chi connectivity index (χ1n) is 6.20.